The third-order valence-electron chi connectivity index (χ3n) is 4.67. The molecule has 0 aliphatic carbocycles. The number of fused-ring (bicyclic) bond motifs is 1. The van der Waals surface area contributed by atoms with Crippen LogP contribution in [0.15, 0.2) is 42.5 Å². The number of nitrogens with one attached hydrogen (secondary N) is 1. The van der Waals surface area contributed by atoms with Gasteiger partial charge in [0.05, 0.1) is 5.56 Å². The highest BCUT2D eigenvalue weighted by Crippen LogP contribution is 2.30. The fourth-order valence-electron chi connectivity index (χ4n) is 3.11. The normalized spacial score (nSPS) is 13.9. The molecule has 0 bridgehead atoms. The van der Waals surface area contributed by atoms with Crippen molar-refractivity contribution in [2.24, 2.45) is 11.1 Å². The highest BCUT2D eigenvalue weighted by atomic mass is 16.2. The lowest BCUT2D eigenvalue weighted by Gasteiger charge is -2.32. The van der Waals surface area contributed by atoms with Gasteiger partial charge in [0.15, 0.2) is 0 Å². The van der Waals surface area contributed by atoms with Crippen molar-refractivity contribution in [1.29, 1.82) is 0 Å². The zero-order chi connectivity index (χ0) is 18.9. The molecule has 3 N–H and O–H groups in total. The number of amides is 2. The van der Waals surface area contributed by atoms with Crippen LogP contribution in [0.2, 0.25) is 0 Å². The quantitative estimate of drug-likeness (QED) is 0.890. The smallest absolute Gasteiger partial charge is 0.250 e. The van der Waals surface area contributed by atoms with E-state index in [-0.39, 0.29) is 5.91 Å². The van der Waals surface area contributed by atoms with Crippen LogP contribution >= 0.6 is 0 Å². The molecule has 1 aliphatic rings. The van der Waals surface area contributed by atoms with Crippen molar-refractivity contribution in [2.45, 2.75) is 33.7 Å². The number of rotatable bonds is 3. The van der Waals surface area contributed by atoms with Crippen LogP contribution in [-0.2, 0) is 17.8 Å². The van der Waals surface area contributed by atoms with Crippen molar-refractivity contribution in [3.8, 4) is 0 Å². The van der Waals surface area contributed by atoms with Crippen molar-refractivity contribution in [1.82, 2.24) is 0 Å². The maximum absolute atomic E-state index is 12.2. The molecule has 0 fully saturated rings. The number of anilines is 2. The van der Waals surface area contributed by atoms with Crippen LogP contribution in [0.3, 0.4) is 0 Å². The molecule has 2 aromatic rings. The number of nitrogens with two attached hydrogens (primary N) is 1. The Balaban J connectivity index is 1.89. The fraction of sp³-hybridized carbons (Fsp3) is 0.333. The second-order valence-electron chi connectivity index (χ2n) is 7.74. The van der Waals surface area contributed by atoms with E-state index in [2.05, 4.69) is 28.4 Å². The van der Waals surface area contributed by atoms with Crippen molar-refractivity contribution >= 4 is 23.2 Å². The van der Waals surface area contributed by atoms with E-state index in [4.69, 9.17) is 5.73 Å². The maximum atomic E-state index is 12.2. The van der Waals surface area contributed by atoms with Gasteiger partial charge < -0.3 is 16.0 Å². The van der Waals surface area contributed by atoms with E-state index >= 15 is 0 Å². The highest BCUT2D eigenvalue weighted by molar-refractivity contribution is 6.01. The SMILES string of the molecule is CC(C)(C)C(=O)Nc1ccc(N2CCc3ccccc3C2)c(C(N)=O)c1. The first kappa shape index (κ1) is 18.0. The molecule has 136 valence electrons. The molecule has 5 heteroatoms. The van der Waals surface area contributed by atoms with Gasteiger partial charge >= 0.3 is 0 Å². The standard InChI is InChI=1S/C21H25N3O2/c1-21(2,3)20(26)23-16-8-9-18(17(12-16)19(22)25)24-11-10-14-6-4-5-7-15(14)13-24/h4-9,12H,10-11,13H2,1-3H3,(H2,22,25)(H,23,26). The summed E-state index contributed by atoms with van der Waals surface area (Å²) in [6.45, 7) is 7.10. The minimum Gasteiger partial charge on any atom is -0.366 e. The second-order valence-corrected chi connectivity index (χ2v) is 7.74. The van der Waals surface area contributed by atoms with Gasteiger partial charge in [-0.1, -0.05) is 45.0 Å². The van der Waals surface area contributed by atoms with Gasteiger partial charge in [-0.25, -0.2) is 0 Å². The van der Waals surface area contributed by atoms with E-state index in [0.717, 1.165) is 25.2 Å². The largest absolute Gasteiger partial charge is 0.366 e. The van der Waals surface area contributed by atoms with Crippen molar-refractivity contribution in [3.05, 3.63) is 59.2 Å². The number of primary amides is 1. The molecule has 0 saturated heterocycles. The van der Waals surface area contributed by atoms with Crippen molar-refractivity contribution in [3.63, 3.8) is 0 Å². The molecule has 1 heterocycles. The number of hydrogen-bond acceptors (Lipinski definition) is 3. The molecular weight excluding hydrogens is 326 g/mol. The minimum atomic E-state index is -0.512. The Hall–Kier alpha value is -2.82. The summed E-state index contributed by atoms with van der Waals surface area (Å²) in [4.78, 5) is 26.4. The van der Waals surface area contributed by atoms with E-state index < -0.39 is 11.3 Å². The van der Waals surface area contributed by atoms with Gasteiger partial charge in [-0.05, 0) is 35.7 Å². The Morgan fingerprint density at radius 2 is 1.77 bits per heavy atom. The van der Waals surface area contributed by atoms with Gasteiger partial charge in [-0.15, -0.1) is 0 Å². The van der Waals surface area contributed by atoms with Gasteiger partial charge in [0.2, 0.25) is 5.91 Å². The minimum absolute atomic E-state index is 0.104. The van der Waals surface area contributed by atoms with Crippen molar-refractivity contribution in [2.75, 3.05) is 16.8 Å². The van der Waals surface area contributed by atoms with Crippen LogP contribution in [0.4, 0.5) is 11.4 Å². The van der Waals surface area contributed by atoms with E-state index in [1.165, 1.54) is 11.1 Å². The van der Waals surface area contributed by atoms with Crippen LogP contribution in [-0.4, -0.2) is 18.4 Å². The number of hydrogen-bond donors (Lipinski definition) is 2. The zero-order valence-electron chi connectivity index (χ0n) is 15.5. The summed E-state index contributed by atoms with van der Waals surface area (Å²) < 4.78 is 0. The number of carbonyl (C=O) groups excluding carboxylic acids is 2. The van der Waals surface area contributed by atoms with Crippen LogP contribution in [0.25, 0.3) is 0 Å². The number of nitrogens with zero attached hydrogens (tertiary/aromatic N) is 1. The summed E-state index contributed by atoms with van der Waals surface area (Å²) in [6.07, 6.45) is 0.927. The second kappa shape index (κ2) is 6.83. The van der Waals surface area contributed by atoms with Gasteiger partial charge in [0.25, 0.3) is 5.91 Å². The summed E-state index contributed by atoms with van der Waals surface area (Å²) in [5, 5.41) is 2.86. The van der Waals surface area contributed by atoms with Crippen LogP contribution in [0, 0.1) is 5.41 Å². The maximum Gasteiger partial charge on any atom is 0.250 e. The lowest BCUT2D eigenvalue weighted by Crippen LogP contribution is -2.32. The Kier molecular flexibility index (Phi) is 4.72. The molecule has 0 aromatic heterocycles. The molecule has 2 aromatic carbocycles. The number of benzene rings is 2. The van der Waals surface area contributed by atoms with Crippen molar-refractivity contribution < 1.29 is 9.59 Å². The Morgan fingerprint density at radius 1 is 1.08 bits per heavy atom. The first-order valence-electron chi connectivity index (χ1n) is 8.83. The molecule has 3 rings (SSSR count). The van der Waals surface area contributed by atoms with Gasteiger partial charge in [0, 0.05) is 29.9 Å². The van der Waals surface area contributed by atoms with E-state index in [1.807, 2.05) is 39.0 Å². The van der Waals surface area contributed by atoms with Gasteiger partial charge in [0.1, 0.15) is 0 Å². The molecule has 0 saturated carbocycles. The van der Waals surface area contributed by atoms with Crippen LogP contribution < -0.4 is 16.0 Å². The lowest BCUT2D eigenvalue weighted by atomic mass is 9.95. The number of carbonyl (C=O) groups is 2. The molecule has 5 nitrogen and oxygen atoms in total. The lowest BCUT2D eigenvalue weighted by molar-refractivity contribution is -0.123. The summed E-state index contributed by atoms with van der Waals surface area (Å²) in [6, 6.07) is 13.7. The third kappa shape index (κ3) is 3.72. The highest BCUT2D eigenvalue weighted by Gasteiger charge is 2.23. The topological polar surface area (TPSA) is 75.4 Å². The average molecular weight is 351 g/mol. The van der Waals surface area contributed by atoms with E-state index in [9.17, 15) is 9.59 Å². The molecule has 0 unspecified atom stereocenters. The zero-order valence-corrected chi connectivity index (χ0v) is 15.5. The Bertz CT molecular complexity index is 853. The molecule has 0 atom stereocenters. The molecule has 0 spiro atoms. The monoisotopic (exact) mass is 351 g/mol. The molecular formula is C21H25N3O2. The summed E-state index contributed by atoms with van der Waals surface area (Å²) >= 11 is 0. The van der Waals surface area contributed by atoms with Crippen LogP contribution in [0.1, 0.15) is 42.3 Å². The first-order chi connectivity index (χ1) is 12.3. The molecule has 26 heavy (non-hydrogen) atoms. The molecule has 0 radical (unpaired) electrons. The first-order valence-corrected chi connectivity index (χ1v) is 8.83. The summed E-state index contributed by atoms with van der Waals surface area (Å²) in [7, 11) is 0. The molecule has 2 amide bonds. The Labute approximate surface area is 154 Å². The molecule has 1 aliphatic heterocycles. The Morgan fingerprint density at radius 3 is 2.42 bits per heavy atom. The van der Waals surface area contributed by atoms with E-state index in [1.54, 1.807) is 6.07 Å². The summed E-state index contributed by atoms with van der Waals surface area (Å²) in [5.41, 5.74) is 9.54. The predicted molar refractivity (Wildman–Crippen MR) is 104 cm³/mol. The van der Waals surface area contributed by atoms with E-state index in [0.29, 0.717) is 11.3 Å². The van der Waals surface area contributed by atoms with Crippen LogP contribution in [0.5, 0.6) is 0 Å². The van der Waals surface area contributed by atoms with Gasteiger partial charge in [-0.3, -0.25) is 9.59 Å². The summed E-state index contributed by atoms with van der Waals surface area (Å²) in [5.74, 6) is -0.599. The van der Waals surface area contributed by atoms with Gasteiger partial charge in [-0.2, -0.15) is 0 Å². The third-order valence-corrected chi connectivity index (χ3v) is 4.67. The average Bonchev–Trinajstić information content (AvgIpc) is 2.60. The predicted octanol–water partition coefficient (Wildman–Crippen LogP) is 3.33. The fourth-order valence-corrected chi connectivity index (χ4v) is 3.11.